The van der Waals surface area contributed by atoms with E-state index in [1.165, 1.54) is 63.7 Å². The predicted molar refractivity (Wildman–Crippen MR) is 397 cm³/mol. The molecule has 14 aromatic carbocycles. The van der Waals surface area contributed by atoms with E-state index in [0.717, 1.165) is 60.4 Å². The van der Waals surface area contributed by atoms with Gasteiger partial charge in [0.2, 0.25) is 5.95 Å². The maximum Gasteiger partial charge on any atom is 0.238 e. The zero-order valence-electron chi connectivity index (χ0n) is 51.5. The van der Waals surface area contributed by atoms with E-state index in [-0.39, 0.29) is 0 Å². The second-order valence-electron chi connectivity index (χ2n) is 24.2. The summed E-state index contributed by atoms with van der Waals surface area (Å²) in [6.45, 7) is 0. The Bertz CT molecular complexity index is 5260. The van der Waals surface area contributed by atoms with Gasteiger partial charge in [-0.1, -0.05) is 340 Å². The minimum Gasteiger partial charge on any atom is -0.309 e. The fourth-order valence-corrected chi connectivity index (χ4v) is 24.5. The quantitative estimate of drug-likeness (QED) is 0.0805. The molecule has 3 aromatic heterocycles. The molecule has 442 valence electrons. The van der Waals surface area contributed by atoms with Crippen LogP contribution in [0.2, 0.25) is 0 Å². The van der Waals surface area contributed by atoms with Gasteiger partial charge in [0.05, 0.1) is 22.1 Å². The predicted octanol–water partition coefficient (Wildman–Crippen LogP) is 15.5. The molecule has 0 atom stereocenters. The number of hydrogen-bond acceptors (Lipinski definition) is 3. The Morgan fingerprint density at radius 1 is 0.213 bits per heavy atom. The molecule has 0 aliphatic carbocycles. The molecule has 0 bridgehead atoms. The molecule has 0 aliphatic rings. The Labute approximate surface area is 548 Å². The van der Waals surface area contributed by atoms with Crippen LogP contribution in [-0.2, 0) is 0 Å². The summed E-state index contributed by atoms with van der Waals surface area (Å²) in [7, 11) is -6.02. The van der Waals surface area contributed by atoms with Crippen LogP contribution >= 0.6 is 0 Å². The highest BCUT2D eigenvalue weighted by molar-refractivity contribution is 7.20. The van der Waals surface area contributed by atoms with Crippen molar-refractivity contribution >= 4 is 101 Å². The molecule has 0 radical (unpaired) electrons. The van der Waals surface area contributed by atoms with Crippen molar-refractivity contribution in [3.8, 4) is 56.7 Å². The second-order valence-corrected chi connectivity index (χ2v) is 31.8. The Morgan fingerprint density at radius 3 is 1.01 bits per heavy atom. The summed E-state index contributed by atoms with van der Waals surface area (Å²) >= 11 is 0. The molecular weight excluding hydrogens is 1170 g/mol. The van der Waals surface area contributed by atoms with Gasteiger partial charge in [0.25, 0.3) is 0 Å². The molecule has 0 aliphatic heterocycles. The first-order valence-corrected chi connectivity index (χ1v) is 36.2. The minimum absolute atomic E-state index is 0.536. The fraction of sp³-hybridized carbons (Fsp3) is 0. The van der Waals surface area contributed by atoms with Gasteiger partial charge in [0.1, 0.15) is 0 Å². The zero-order chi connectivity index (χ0) is 62.4. The van der Waals surface area contributed by atoms with Crippen LogP contribution in [0.25, 0.3) is 100 Å². The Kier molecular flexibility index (Phi) is 14.2. The average molecular weight is 1230 g/mol. The van der Waals surface area contributed by atoms with E-state index in [2.05, 4.69) is 379 Å². The van der Waals surface area contributed by atoms with E-state index in [1.807, 2.05) is 0 Å². The maximum absolute atomic E-state index is 5.70. The van der Waals surface area contributed by atoms with Gasteiger partial charge < -0.3 is 4.57 Å². The molecule has 0 fully saturated rings. The number of benzene rings is 14. The van der Waals surface area contributed by atoms with Crippen LogP contribution in [0.15, 0.2) is 370 Å². The summed E-state index contributed by atoms with van der Waals surface area (Å²) in [5, 5.41) is 14.8. The third kappa shape index (κ3) is 9.39. The summed E-state index contributed by atoms with van der Waals surface area (Å²) in [6, 6.07) is 136. The number of nitrogens with zero attached hydrogens (tertiary/aromatic N) is 5. The van der Waals surface area contributed by atoms with Crippen LogP contribution in [0, 0.1) is 0 Å². The highest BCUT2D eigenvalue weighted by atomic mass is 28.3. The van der Waals surface area contributed by atoms with Crippen LogP contribution in [0.1, 0.15) is 0 Å². The van der Waals surface area contributed by atoms with Gasteiger partial charge in [-0.2, -0.15) is 9.97 Å². The number of fused-ring (bicyclic) bond motifs is 7. The van der Waals surface area contributed by atoms with Crippen LogP contribution < -0.4 is 41.5 Å². The Hall–Kier alpha value is -11.9. The Morgan fingerprint density at radius 2 is 0.564 bits per heavy atom. The van der Waals surface area contributed by atoms with Crippen LogP contribution in [0.4, 0.5) is 0 Å². The fourth-order valence-electron chi connectivity index (χ4n) is 14.9. The first kappa shape index (κ1) is 56.1. The van der Waals surface area contributed by atoms with E-state index in [1.54, 1.807) is 0 Å². The van der Waals surface area contributed by atoms with E-state index < -0.39 is 16.1 Å². The van der Waals surface area contributed by atoms with Crippen LogP contribution in [0.5, 0.6) is 0 Å². The Balaban J connectivity index is 0.901. The van der Waals surface area contributed by atoms with Crippen molar-refractivity contribution in [2.45, 2.75) is 0 Å². The first-order valence-electron chi connectivity index (χ1n) is 32.2. The SMILES string of the molecule is c1ccc(-c2cccc([Si](c3ccccc3)(c3ccccc3)c3ccc(-c4nc(-c5ccc([Si](c6ccccc6)(c6ccccc6)c6cccc(-c7ccccc7)c6)cc5)nc(-n5c6ccccc6c6ccc7c(c8ccccc8n7-c7ccccc7)c65)n4)cc3)c2)cc1. The van der Waals surface area contributed by atoms with E-state index in [0.29, 0.717) is 17.6 Å². The summed E-state index contributed by atoms with van der Waals surface area (Å²) < 4.78 is 4.69. The second kappa shape index (κ2) is 23.7. The molecule has 0 amide bonds. The number of aromatic nitrogens is 5. The smallest absolute Gasteiger partial charge is 0.238 e. The lowest BCUT2D eigenvalue weighted by atomic mass is 10.1. The maximum atomic E-state index is 5.70. The normalized spacial score (nSPS) is 11.8. The van der Waals surface area contributed by atoms with Crippen molar-refractivity contribution in [1.29, 1.82) is 0 Å². The molecule has 5 nitrogen and oxygen atoms in total. The topological polar surface area (TPSA) is 48.5 Å². The molecule has 0 spiro atoms. The number of para-hydroxylation sites is 3. The summed E-state index contributed by atoms with van der Waals surface area (Å²) in [5.41, 5.74) is 11.9. The summed E-state index contributed by atoms with van der Waals surface area (Å²) in [5.74, 6) is 1.69. The highest BCUT2D eigenvalue weighted by Crippen LogP contribution is 2.42. The van der Waals surface area contributed by atoms with Crippen molar-refractivity contribution < 1.29 is 0 Å². The molecule has 0 saturated carbocycles. The zero-order valence-corrected chi connectivity index (χ0v) is 53.5. The van der Waals surface area contributed by atoms with E-state index >= 15 is 0 Å². The van der Waals surface area contributed by atoms with Crippen LogP contribution in [-0.4, -0.2) is 40.2 Å². The molecule has 94 heavy (non-hydrogen) atoms. The van der Waals surface area contributed by atoms with Crippen molar-refractivity contribution in [3.63, 3.8) is 0 Å². The molecule has 0 unspecified atom stereocenters. The van der Waals surface area contributed by atoms with Gasteiger partial charge >= 0.3 is 0 Å². The minimum atomic E-state index is -3.01. The summed E-state index contributed by atoms with van der Waals surface area (Å²) in [6.07, 6.45) is 0. The molecule has 3 heterocycles. The third-order valence-corrected chi connectivity index (χ3v) is 28.6. The van der Waals surface area contributed by atoms with Gasteiger partial charge in [-0.05, 0) is 94.1 Å². The van der Waals surface area contributed by atoms with Crippen molar-refractivity contribution in [2.24, 2.45) is 0 Å². The molecular formula is C87H61N5Si2. The van der Waals surface area contributed by atoms with Crippen molar-refractivity contribution in [2.75, 3.05) is 0 Å². The van der Waals surface area contributed by atoms with Gasteiger partial charge in [-0.3, -0.25) is 4.57 Å². The van der Waals surface area contributed by atoms with Gasteiger partial charge in [0.15, 0.2) is 27.8 Å². The lowest BCUT2D eigenvalue weighted by Gasteiger charge is -2.35. The third-order valence-electron chi connectivity index (χ3n) is 19.1. The van der Waals surface area contributed by atoms with E-state index in [9.17, 15) is 0 Å². The molecule has 0 saturated heterocycles. The van der Waals surface area contributed by atoms with Gasteiger partial charge in [-0.15, -0.1) is 0 Å². The van der Waals surface area contributed by atoms with Gasteiger partial charge in [0, 0.05) is 38.4 Å². The number of hydrogen-bond donors (Lipinski definition) is 0. The molecule has 0 N–H and O–H groups in total. The first-order chi connectivity index (χ1) is 46.6. The molecule has 17 aromatic rings. The molecule has 17 rings (SSSR count). The van der Waals surface area contributed by atoms with Crippen LogP contribution in [0.3, 0.4) is 0 Å². The average Bonchev–Trinajstić information content (AvgIpc) is 1.46. The summed E-state index contributed by atoms with van der Waals surface area (Å²) in [4.78, 5) is 17.0. The largest absolute Gasteiger partial charge is 0.309 e. The lowest BCUT2D eigenvalue weighted by molar-refractivity contribution is 0.955. The monoisotopic (exact) mass is 1230 g/mol. The lowest BCUT2D eigenvalue weighted by Crippen LogP contribution is -2.74. The standard InChI is InChI=1S/C87H61N5Si2/c1-8-28-62(29-9-1)66-32-26-44-75(60-66)93(69-36-14-4-15-37-69,70-38-16-5-17-39-70)73-54-50-64(51-55-73)85-88-86(65-52-56-74(57-53-65)94(71-40-18-6-19-41-71,72-42-20-7-21-43-72)76-45-27-33-67(61-76)63-30-10-2-11-31-63)90-87(89-85)92-80-48-24-22-46-77(80)78-58-59-82-83(84(78)92)79-47-23-25-49-81(79)91(82)68-34-12-3-13-35-68/h1-61H. The van der Waals surface area contributed by atoms with Crippen molar-refractivity contribution in [1.82, 2.24) is 24.1 Å². The van der Waals surface area contributed by atoms with Crippen molar-refractivity contribution in [3.05, 3.63) is 370 Å². The number of rotatable bonds is 14. The van der Waals surface area contributed by atoms with E-state index in [4.69, 9.17) is 15.0 Å². The molecule has 7 heteroatoms. The van der Waals surface area contributed by atoms with Gasteiger partial charge in [-0.25, -0.2) is 4.98 Å². The highest BCUT2D eigenvalue weighted by Gasteiger charge is 2.43.